The van der Waals surface area contributed by atoms with Crippen molar-refractivity contribution in [3.8, 4) is 5.75 Å². The maximum Gasteiger partial charge on any atom is 0.248 e. The van der Waals surface area contributed by atoms with E-state index in [4.69, 9.17) is 16.3 Å². The van der Waals surface area contributed by atoms with E-state index in [1.54, 1.807) is 37.5 Å². The van der Waals surface area contributed by atoms with Crippen LogP contribution >= 0.6 is 27.5 Å². The van der Waals surface area contributed by atoms with Crippen molar-refractivity contribution in [3.05, 3.63) is 63.6 Å². The van der Waals surface area contributed by atoms with Crippen LogP contribution in [-0.2, 0) is 4.79 Å². The number of hydrogen-bond acceptors (Lipinski definition) is 2. The molecule has 0 saturated carbocycles. The van der Waals surface area contributed by atoms with Crippen LogP contribution in [0.15, 0.2) is 53.0 Å². The largest absolute Gasteiger partial charge is 0.496 e. The summed E-state index contributed by atoms with van der Waals surface area (Å²) in [5.74, 6) is 0.544. The van der Waals surface area contributed by atoms with Crippen molar-refractivity contribution in [3.63, 3.8) is 0 Å². The molecule has 3 nitrogen and oxygen atoms in total. The molecule has 0 unspecified atom stereocenters. The lowest BCUT2D eigenvalue weighted by Crippen LogP contribution is -2.07. The highest BCUT2D eigenvalue weighted by molar-refractivity contribution is 9.10. The van der Waals surface area contributed by atoms with Gasteiger partial charge in [0.15, 0.2) is 0 Å². The van der Waals surface area contributed by atoms with Crippen molar-refractivity contribution in [1.82, 2.24) is 0 Å². The fourth-order valence-corrected chi connectivity index (χ4v) is 2.36. The van der Waals surface area contributed by atoms with E-state index in [2.05, 4.69) is 21.2 Å². The Bertz CT molecular complexity index is 668. The molecule has 1 amide bonds. The van der Waals surface area contributed by atoms with Crippen LogP contribution in [0.1, 0.15) is 5.56 Å². The Morgan fingerprint density at radius 3 is 2.57 bits per heavy atom. The van der Waals surface area contributed by atoms with Gasteiger partial charge < -0.3 is 10.1 Å². The maximum atomic E-state index is 11.8. The van der Waals surface area contributed by atoms with Crippen molar-refractivity contribution < 1.29 is 9.53 Å². The average molecular weight is 367 g/mol. The summed E-state index contributed by atoms with van der Waals surface area (Å²) < 4.78 is 5.99. The zero-order chi connectivity index (χ0) is 15.2. The predicted molar refractivity (Wildman–Crippen MR) is 89.8 cm³/mol. The second kappa shape index (κ2) is 7.29. The van der Waals surface area contributed by atoms with E-state index in [1.807, 2.05) is 18.2 Å². The fourth-order valence-electron chi connectivity index (χ4n) is 1.68. The van der Waals surface area contributed by atoms with Gasteiger partial charge in [-0.25, -0.2) is 0 Å². The summed E-state index contributed by atoms with van der Waals surface area (Å²) in [4.78, 5) is 11.8. The smallest absolute Gasteiger partial charge is 0.248 e. The van der Waals surface area contributed by atoms with Crippen molar-refractivity contribution in [2.75, 3.05) is 12.4 Å². The zero-order valence-corrected chi connectivity index (χ0v) is 13.6. The molecule has 108 valence electrons. The summed E-state index contributed by atoms with van der Waals surface area (Å²) in [6, 6.07) is 12.5. The van der Waals surface area contributed by atoms with Crippen LogP contribution in [0.5, 0.6) is 5.75 Å². The first-order chi connectivity index (χ1) is 10.1. The molecule has 0 aliphatic rings. The second-order valence-electron chi connectivity index (χ2n) is 4.22. The Kier molecular flexibility index (Phi) is 5.42. The number of anilines is 1. The summed E-state index contributed by atoms with van der Waals surface area (Å²) in [6.07, 6.45) is 3.21. The highest BCUT2D eigenvalue weighted by Gasteiger charge is 2.01. The van der Waals surface area contributed by atoms with Gasteiger partial charge in [-0.2, -0.15) is 0 Å². The van der Waals surface area contributed by atoms with Crippen molar-refractivity contribution in [2.24, 2.45) is 0 Å². The van der Waals surface area contributed by atoms with Gasteiger partial charge in [-0.1, -0.05) is 17.7 Å². The molecule has 2 rings (SSSR count). The van der Waals surface area contributed by atoms with E-state index in [1.165, 1.54) is 6.08 Å². The van der Waals surface area contributed by atoms with E-state index in [0.717, 1.165) is 15.8 Å². The SMILES string of the molecule is COc1ccc(C=CC(=O)Nc2ccc(Cl)cc2)cc1Br. The van der Waals surface area contributed by atoms with Gasteiger partial charge in [0.25, 0.3) is 0 Å². The van der Waals surface area contributed by atoms with Crippen molar-refractivity contribution >= 4 is 45.2 Å². The number of nitrogens with one attached hydrogen (secondary N) is 1. The predicted octanol–water partition coefficient (Wildman–Crippen LogP) is 4.76. The van der Waals surface area contributed by atoms with Gasteiger partial charge in [-0.15, -0.1) is 0 Å². The quantitative estimate of drug-likeness (QED) is 0.792. The molecule has 21 heavy (non-hydrogen) atoms. The van der Waals surface area contributed by atoms with E-state index >= 15 is 0 Å². The van der Waals surface area contributed by atoms with Crippen LogP contribution in [0.25, 0.3) is 6.08 Å². The minimum absolute atomic E-state index is 0.204. The number of methoxy groups -OCH3 is 1. The minimum Gasteiger partial charge on any atom is -0.496 e. The van der Waals surface area contributed by atoms with Crippen LogP contribution < -0.4 is 10.1 Å². The lowest BCUT2D eigenvalue weighted by Gasteiger charge is -2.04. The number of benzene rings is 2. The van der Waals surface area contributed by atoms with Gasteiger partial charge in [0.2, 0.25) is 5.91 Å². The maximum absolute atomic E-state index is 11.8. The molecule has 5 heteroatoms. The Morgan fingerprint density at radius 1 is 1.24 bits per heavy atom. The Balaban J connectivity index is 2.01. The molecule has 0 bridgehead atoms. The van der Waals surface area contributed by atoms with Gasteiger partial charge in [0.1, 0.15) is 5.75 Å². The van der Waals surface area contributed by atoms with Crippen LogP contribution in [0.2, 0.25) is 5.02 Å². The number of carbonyl (C=O) groups excluding carboxylic acids is 1. The van der Waals surface area contributed by atoms with E-state index in [-0.39, 0.29) is 5.91 Å². The molecule has 0 radical (unpaired) electrons. The molecule has 2 aromatic rings. The molecular formula is C16H13BrClNO2. The number of rotatable bonds is 4. The van der Waals surface area contributed by atoms with Gasteiger partial charge in [-0.3, -0.25) is 4.79 Å². The standard InChI is InChI=1S/C16H13BrClNO2/c1-21-15-8-2-11(10-14(15)17)3-9-16(20)19-13-6-4-12(18)5-7-13/h2-10H,1H3,(H,19,20). The normalized spacial score (nSPS) is 10.6. The Hall–Kier alpha value is -1.78. The van der Waals surface area contributed by atoms with Crippen molar-refractivity contribution in [1.29, 1.82) is 0 Å². The summed E-state index contributed by atoms with van der Waals surface area (Å²) in [5.41, 5.74) is 1.60. The monoisotopic (exact) mass is 365 g/mol. The first-order valence-corrected chi connectivity index (χ1v) is 7.34. The van der Waals surface area contributed by atoms with Crippen LogP contribution in [0.3, 0.4) is 0 Å². The first-order valence-electron chi connectivity index (χ1n) is 6.16. The number of amides is 1. The third-order valence-electron chi connectivity index (χ3n) is 2.71. The summed E-state index contributed by atoms with van der Waals surface area (Å²) in [6.45, 7) is 0. The summed E-state index contributed by atoms with van der Waals surface area (Å²) >= 11 is 9.19. The Labute approximate surface area is 136 Å². The Morgan fingerprint density at radius 2 is 1.95 bits per heavy atom. The van der Waals surface area contributed by atoms with E-state index in [0.29, 0.717) is 10.7 Å². The molecule has 1 N–H and O–H groups in total. The molecule has 0 aliphatic carbocycles. The van der Waals surface area contributed by atoms with E-state index in [9.17, 15) is 4.79 Å². The molecular weight excluding hydrogens is 354 g/mol. The number of hydrogen-bond donors (Lipinski definition) is 1. The summed E-state index contributed by atoms with van der Waals surface area (Å²) in [7, 11) is 1.61. The number of halogens is 2. The molecule has 0 fully saturated rings. The molecule has 0 saturated heterocycles. The first kappa shape index (κ1) is 15.6. The summed E-state index contributed by atoms with van der Waals surface area (Å²) in [5, 5.41) is 3.39. The van der Waals surface area contributed by atoms with Gasteiger partial charge in [-0.05, 0) is 64.0 Å². The lowest BCUT2D eigenvalue weighted by molar-refractivity contribution is -0.111. The fraction of sp³-hybridized carbons (Fsp3) is 0.0625. The van der Waals surface area contributed by atoms with Crippen LogP contribution in [0.4, 0.5) is 5.69 Å². The highest BCUT2D eigenvalue weighted by Crippen LogP contribution is 2.26. The molecule has 0 atom stereocenters. The molecule has 0 aromatic heterocycles. The van der Waals surface area contributed by atoms with E-state index < -0.39 is 0 Å². The third kappa shape index (κ3) is 4.62. The molecule has 2 aromatic carbocycles. The minimum atomic E-state index is -0.204. The zero-order valence-electron chi connectivity index (χ0n) is 11.3. The lowest BCUT2D eigenvalue weighted by atomic mass is 10.2. The van der Waals surface area contributed by atoms with Gasteiger partial charge in [0.05, 0.1) is 11.6 Å². The third-order valence-corrected chi connectivity index (χ3v) is 3.59. The molecule has 0 aliphatic heterocycles. The number of ether oxygens (including phenoxy) is 1. The second-order valence-corrected chi connectivity index (χ2v) is 5.51. The van der Waals surface area contributed by atoms with Gasteiger partial charge >= 0.3 is 0 Å². The average Bonchev–Trinajstić information content (AvgIpc) is 2.48. The van der Waals surface area contributed by atoms with Gasteiger partial charge in [0, 0.05) is 16.8 Å². The van der Waals surface area contributed by atoms with Crippen LogP contribution in [0, 0.1) is 0 Å². The van der Waals surface area contributed by atoms with Crippen molar-refractivity contribution in [2.45, 2.75) is 0 Å². The topological polar surface area (TPSA) is 38.3 Å². The highest BCUT2D eigenvalue weighted by atomic mass is 79.9. The molecule has 0 heterocycles. The number of carbonyl (C=O) groups is 1. The molecule has 0 spiro atoms. The van der Waals surface area contributed by atoms with Crippen LogP contribution in [-0.4, -0.2) is 13.0 Å².